The molecule has 1 aliphatic heterocycles. The lowest BCUT2D eigenvalue weighted by Crippen LogP contribution is -2.39. The molecule has 1 amide bonds. The molecule has 0 aromatic heterocycles. The van der Waals surface area contributed by atoms with Gasteiger partial charge >= 0.3 is 0 Å². The summed E-state index contributed by atoms with van der Waals surface area (Å²) in [6.07, 6.45) is 1.27. The monoisotopic (exact) mass is 550 g/mol. The van der Waals surface area contributed by atoms with Gasteiger partial charge in [-0.1, -0.05) is 42.5 Å². The number of nitrogens with zero attached hydrogens (tertiary/aromatic N) is 2. The molecule has 0 fully saturated rings. The number of benzene rings is 2. The van der Waals surface area contributed by atoms with Crippen molar-refractivity contribution in [1.82, 2.24) is 15.5 Å². The summed E-state index contributed by atoms with van der Waals surface area (Å²) in [6, 6.07) is 16.3. The molecule has 0 radical (unpaired) electrons. The van der Waals surface area contributed by atoms with Gasteiger partial charge in [0.1, 0.15) is 11.9 Å². The van der Waals surface area contributed by atoms with Crippen molar-refractivity contribution in [3.8, 4) is 5.75 Å². The van der Waals surface area contributed by atoms with Gasteiger partial charge in [-0.2, -0.15) is 0 Å². The van der Waals surface area contributed by atoms with Gasteiger partial charge < -0.3 is 20.3 Å². The molecule has 0 spiro atoms. The van der Waals surface area contributed by atoms with Gasteiger partial charge in [0, 0.05) is 32.6 Å². The van der Waals surface area contributed by atoms with Crippen molar-refractivity contribution < 1.29 is 9.53 Å². The van der Waals surface area contributed by atoms with Crippen LogP contribution in [0.4, 0.5) is 0 Å². The minimum atomic E-state index is -0.0325. The fraction of sp³-hybridized carbons (Fsp3) is 0.440. The molecular formula is C25H35IN4O2. The number of halogens is 1. The number of aliphatic imine (C=N–C) groups is 1. The maximum atomic E-state index is 12.5. The quantitative estimate of drug-likeness (QED) is 0.212. The molecule has 0 saturated heterocycles. The van der Waals surface area contributed by atoms with E-state index in [0.717, 1.165) is 43.3 Å². The molecule has 0 bridgehead atoms. The summed E-state index contributed by atoms with van der Waals surface area (Å²) in [5.74, 6) is 1.86. The third kappa shape index (κ3) is 7.69. The molecule has 7 heteroatoms. The SMILES string of the molecule is CCNC(=NCC(C)Oc1ccccc1C)NCCCC(=O)N1Cc2ccccc2C1.I. The molecule has 1 unspecified atom stereocenters. The summed E-state index contributed by atoms with van der Waals surface area (Å²) in [6.45, 7) is 9.59. The number of hydrogen-bond donors (Lipinski definition) is 2. The van der Waals surface area contributed by atoms with Gasteiger partial charge in [-0.05, 0) is 49.9 Å². The number of fused-ring (bicyclic) bond motifs is 1. The molecule has 6 nitrogen and oxygen atoms in total. The lowest BCUT2D eigenvalue weighted by Gasteiger charge is -2.17. The van der Waals surface area contributed by atoms with E-state index in [1.165, 1.54) is 11.1 Å². The first-order valence-corrected chi connectivity index (χ1v) is 11.2. The Morgan fingerprint density at radius 3 is 2.41 bits per heavy atom. The Balaban J connectivity index is 0.00000363. The van der Waals surface area contributed by atoms with Crippen molar-refractivity contribution in [3.63, 3.8) is 0 Å². The zero-order valence-corrected chi connectivity index (χ0v) is 21.6. The van der Waals surface area contributed by atoms with Crippen LogP contribution >= 0.6 is 24.0 Å². The lowest BCUT2D eigenvalue weighted by atomic mass is 10.1. The average Bonchev–Trinajstić information content (AvgIpc) is 3.21. The van der Waals surface area contributed by atoms with E-state index in [1.54, 1.807) is 0 Å². The van der Waals surface area contributed by atoms with Crippen molar-refractivity contribution in [1.29, 1.82) is 0 Å². The predicted octanol–water partition coefficient (Wildman–Crippen LogP) is 4.26. The highest BCUT2D eigenvalue weighted by atomic mass is 127. The van der Waals surface area contributed by atoms with E-state index < -0.39 is 0 Å². The van der Waals surface area contributed by atoms with Crippen LogP contribution in [0.5, 0.6) is 5.75 Å². The Morgan fingerprint density at radius 2 is 1.75 bits per heavy atom. The Kier molecular flexibility index (Phi) is 10.8. The maximum absolute atomic E-state index is 12.5. The van der Waals surface area contributed by atoms with E-state index in [1.807, 2.05) is 62.1 Å². The Morgan fingerprint density at radius 1 is 1.09 bits per heavy atom. The van der Waals surface area contributed by atoms with Crippen molar-refractivity contribution in [3.05, 3.63) is 65.2 Å². The summed E-state index contributed by atoms with van der Waals surface area (Å²) in [7, 11) is 0. The first-order valence-electron chi connectivity index (χ1n) is 11.2. The highest BCUT2D eigenvalue weighted by Gasteiger charge is 2.22. The summed E-state index contributed by atoms with van der Waals surface area (Å²) in [5.41, 5.74) is 3.64. The molecule has 1 aliphatic rings. The van der Waals surface area contributed by atoms with Gasteiger partial charge in [-0.25, -0.2) is 4.99 Å². The predicted molar refractivity (Wildman–Crippen MR) is 141 cm³/mol. The zero-order chi connectivity index (χ0) is 22.1. The molecule has 0 aliphatic carbocycles. The second kappa shape index (κ2) is 13.3. The van der Waals surface area contributed by atoms with Gasteiger partial charge in [-0.3, -0.25) is 4.79 Å². The number of hydrogen-bond acceptors (Lipinski definition) is 3. The first kappa shape index (κ1) is 26.0. The number of guanidine groups is 1. The van der Waals surface area contributed by atoms with Gasteiger partial charge in [0.15, 0.2) is 5.96 Å². The Labute approximate surface area is 208 Å². The highest BCUT2D eigenvalue weighted by molar-refractivity contribution is 14.0. The number of carbonyl (C=O) groups is 1. The zero-order valence-electron chi connectivity index (χ0n) is 19.3. The number of carbonyl (C=O) groups excluding carboxylic acids is 1. The topological polar surface area (TPSA) is 66.0 Å². The van der Waals surface area contributed by atoms with Crippen molar-refractivity contribution in [2.24, 2.45) is 4.99 Å². The van der Waals surface area contributed by atoms with Crippen LogP contribution in [0.25, 0.3) is 0 Å². The molecular weight excluding hydrogens is 515 g/mol. The van der Waals surface area contributed by atoms with E-state index in [4.69, 9.17) is 4.74 Å². The normalized spacial score (nSPS) is 13.7. The fourth-order valence-corrected chi connectivity index (χ4v) is 3.62. The van der Waals surface area contributed by atoms with Crippen LogP contribution in [-0.2, 0) is 17.9 Å². The molecule has 1 atom stereocenters. The maximum Gasteiger partial charge on any atom is 0.223 e. The number of nitrogens with one attached hydrogen (secondary N) is 2. The van der Waals surface area contributed by atoms with E-state index >= 15 is 0 Å². The minimum absolute atomic E-state index is 0. The highest BCUT2D eigenvalue weighted by Crippen LogP contribution is 2.23. The van der Waals surface area contributed by atoms with Crippen molar-refractivity contribution in [2.75, 3.05) is 19.6 Å². The van der Waals surface area contributed by atoms with E-state index in [-0.39, 0.29) is 36.0 Å². The summed E-state index contributed by atoms with van der Waals surface area (Å²) in [5, 5.41) is 6.58. The molecule has 32 heavy (non-hydrogen) atoms. The number of para-hydroxylation sites is 1. The average molecular weight is 550 g/mol. The molecule has 2 aromatic rings. The number of rotatable bonds is 9. The first-order chi connectivity index (χ1) is 15.1. The summed E-state index contributed by atoms with van der Waals surface area (Å²) in [4.78, 5) is 19.1. The molecule has 2 N–H and O–H groups in total. The second-order valence-electron chi connectivity index (χ2n) is 7.96. The van der Waals surface area contributed by atoms with Gasteiger partial charge in [-0.15, -0.1) is 24.0 Å². The third-order valence-corrected chi connectivity index (χ3v) is 5.33. The third-order valence-electron chi connectivity index (χ3n) is 5.33. The van der Waals surface area contributed by atoms with E-state index in [9.17, 15) is 4.79 Å². The van der Waals surface area contributed by atoms with Gasteiger partial charge in [0.25, 0.3) is 0 Å². The van der Waals surface area contributed by atoms with Crippen LogP contribution in [0.1, 0.15) is 43.4 Å². The van der Waals surface area contributed by atoms with Crippen LogP contribution in [0, 0.1) is 6.92 Å². The number of aryl methyl sites for hydroxylation is 1. The number of amides is 1. The molecule has 2 aromatic carbocycles. The van der Waals surface area contributed by atoms with E-state index in [2.05, 4.69) is 27.8 Å². The van der Waals surface area contributed by atoms with Crippen LogP contribution in [0.2, 0.25) is 0 Å². The van der Waals surface area contributed by atoms with Crippen LogP contribution in [-0.4, -0.2) is 42.5 Å². The van der Waals surface area contributed by atoms with Crippen LogP contribution < -0.4 is 15.4 Å². The van der Waals surface area contributed by atoms with Crippen LogP contribution in [0.3, 0.4) is 0 Å². The summed E-state index contributed by atoms with van der Waals surface area (Å²) < 4.78 is 6.00. The van der Waals surface area contributed by atoms with Crippen LogP contribution in [0.15, 0.2) is 53.5 Å². The Hall–Kier alpha value is -2.29. The van der Waals surface area contributed by atoms with Gasteiger partial charge in [0.2, 0.25) is 5.91 Å². The molecule has 1 heterocycles. The van der Waals surface area contributed by atoms with Crippen molar-refractivity contribution in [2.45, 2.75) is 52.8 Å². The largest absolute Gasteiger partial charge is 0.489 e. The molecule has 0 saturated carbocycles. The molecule has 174 valence electrons. The standard InChI is InChI=1S/C25H34N4O2.HI/c1-4-26-25(28-16-20(3)31-23-13-8-5-10-19(23)2)27-15-9-14-24(30)29-17-21-11-6-7-12-22(21)18-29;/h5-8,10-13,20H,4,9,14-18H2,1-3H3,(H2,26,27,28);1H. The minimum Gasteiger partial charge on any atom is -0.489 e. The Bertz CT molecular complexity index is 878. The fourth-order valence-electron chi connectivity index (χ4n) is 3.62. The lowest BCUT2D eigenvalue weighted by molar-refractivity contribution is -0.131. The van der Waals surface area contributed by atoms with Gasteiger partial charge in [0.05, 0.1) is 6.54 Å². The smallest absolute Gasteiger partial charge is 0.223 e. The summed E-state index contributed by atoms with van der Waals surface area (Å²) >= 11 is 0. The second-order valence-corrected chi connectivity index (χ2v) is 7.96. The van der Waals surface area contributed by atoms with Crippen molar-refractivity contribution >= 4 is 35.8 Å². The number of ether oxygens (including phenoxy) is 1. The van der Waals surface area contributed by atoms with E-state index in [0.29, 0.717) is 19.5 Å². The molecule has 3 rings (SSSR count).